The SMILES string of the molecule is COCCCNC(=S)Nc1ccc(Cl)cc1C. The Morgan fingerprint density at radius 1 is 1.47 bits per heavy atom. The molecule has 0 saturated heterocycles. The summed E-state index contributed by atoms with van der Waals surface area (Å²) < 4.78 is 4.96. The highest BCUT2D eigenvalue weighted by Gasteiger charge is 2.01. The molecule has 17 heavy (non-hydrogen) atoms. The maximum Gasteiger partial charge on any atom is 0.170 e. The molecule has 0 spiro atoms. The second-order valence-electron chi connectivity index (χ2n) is 3.69. The number of aryl methyl sites for hydroxylation is 1. The number of benzene rings is 1. The summed E-state index contributed by atoms with van der Waals surface area (Å²) in [5.74, 6) is 0. The first-order chi connectivity index (χ1) is 8.13. The zero-order valence-electron chi connectivity index (χ0n) is 10.0. The van der Waals surface area contributed by atoms with Gasteiger partial charge in [0, 0.05) is 31.0 Å². The molecule has 94 valence electrons. The molecule has 0 aliphatic carbocycles. The summed E-state index contributed by atoms with van der Waals surface area (Å²) in [5.41, 5.74) is 2.04. The number of halogens is 1. The fourth-order valence-corrected chi connectivity index (χ4v) is 1.79. The van der Waals surface area contributed by atoms with Gasteiger partial charge in [-0.25, -0.2) is 0 Å². The molecule has 0 bridgehead atoms. The normalized spacial score (nSPS) is 10.1. The van der Waals surface area contributed by atoms with Crippen LogP contribution in [0.1, 0.15) is 12.0 Å². The number of nitrogens with one attached hydrogen (secondary N) is 2. The molecule has 0 aliphatic rings. The number of hydrogen-bond acceptors (Lipinski definition) is 2. The Balaban J connectivity index is 2.40. The molecule has 0 aromatic heterocycles. The van der Waals surface area contributed by atoms with Gasteiger partial charge in [-0.3, -0.25) is 0 Å². The third kappa shape index (κ3) is 5.35. The maximum atomic E-state index is 5.88. The van der Waals surface area contributed by atoms with Crippen LogP contribution in [0.4, 0.5) is 5.69 Å². The second kappa shape index (κ2) is 7.48. The largest absolute Gasteiger partial charge is 0.385 e. The first-order valence-electron chi connectivity index (χ1n) is 5.43. The predicted molar refractivity (Wildman–Crippen MR) is 76.9 cm³/mol. The van der Waals surface area contributed by atoms with Crippen molar-refractivity contribution >= 4 is 34.6 Å². The third-order valence-corrected chi connectivity index (χ3v) is 2.73. The lowest BCUT2D eigenvalue weighted by Crippen LogP contribution is -2.30. The van der Waals surface area contributed by atoms with Crippen molar-refractivity contribution in [2.45, 2.75) is 13.3 Å². The summed E-state index contributed by atoms with van der Waals surface area (Å²) in [6.07, 6.45) is 0.928. The van der Waals surface area contributed by atoms with E-state index in [9.17, 15) is 0 Å². The van der Waals surface area contributed by atoms with E-state index >= 15 is 0 Å². The van der Waals surface area contributed by atoms with Crippen molar-refractivity contribution < 1.29 is 4.74 Å². The van der Waals surface area contributed by atoms with Crippen LogP contribution in [0.5, 0.6) is 0 Å². The van der Waals surface area contributed by atoms with E-state index in [1.807, 2.05) is 25.1 Å². The van der Waals surface area contributed by atoms with Crippen molar-refractivity contribution in [3.8, 4) is 0 Å². The smallest absolute Gasteiger partial charge is 0.170 e. The van der Waals surface area contributed by atoms with Crippen molar-refractivity contribution in [2.75, 3.05) is 25.6 Å². The molecule has 0 heterocycles. The van der Waals surface area contributed by atoms with Gasteiger partial charge in [0.2, 0.25) is 0 Å². The van der Waals surface area contributed by atoms with Gasteiger partial charge in [0.05, 0.1) is 0 Å². The molecule has 5 heteroatoms. The summed E-state index contributed by atoms with van der Waals surface area (Å²) in [4.78, 5) is 0. The first-order valence-corrected chi connectivity index (χ1v) is 6.22. The Bertz CT molecular complexity index is 385. The van der Waals surface area contributed by atoms with Gasteiger partial charge in [-0.15, -0.1) is 0 Å². The van der Waals surface area contributed by atoms with Gasteiger partial charge in [0.1, 0.15) is 0 Å². The van der Waals surface area contributed by atoms with Crippen LogP contribution in [-0.4, -0.2) is 25.4 Å². The molecular formula is C12H17ClN2OS. The Kier molecular flexibility index (Phi) is 6.26. The van der Waals surface area contributed by atoms with E-state index in [0.29, 0.717) is 5.11 Å². The van der Waals surface area contributed by atoms with Crippen molar-refractivity contribution in [2.24, 2.45) is 0 Å². The molecule has 3 nitrogen and oxygen atoms in total. The molecule has 1 aromatic carbocycles. The standard InChI is InChI=1S/C12H17ClN2OS/c1-9-8-10(13)4-5-11(9)15-12(17)14-6-3-7-16-2/h4-5,8H,3,6-7H2,1-2H3,(H2,14,15,17). The van der Waals surface area contributed by atoms with Crippen LogP contribution in [0.2, 0.25) is 5.02 Å². The molecule has 0 atom stereocenters. The molecule has 0 unspecified atom stereocenters. The highest BCUT2D eigenvalue weighted by Crippen LogP contribution is 2.19. The van der Waals surface area contributed by atoms with E-state index in [1.54, 1.807) is 7.11 Å². The third-order valence-electron chi connectivity index (χ3n) is 2.25. The number of anilines is 1. The zero-order chi connectivity index (χ0) is 12.7. The van der Waals surface area contributed by atoms with Gasteiger partial charge in [-0.2, -0.15) is 0 Å². The van der Waals surface area contributed by atoms with Gasteiger partial charge in [0.15, 0.2) is 5.11 Å². The van der Waals surface area contributed by atoms with E-state index in [1.165, 1.54) is 0 Å². The highest BCUT2D eigenvalue weighted by atomic mass is 35.5. The Morgan fingerprint density at radius 3 is 2.88 bits per heavy atom. The van der Waals surface area contributed by atoms with Crippen LogP contribution >= 0.6 is 23.8 Å². The van der Waals surface area contributed by atoms with E-state index in [0.717, 1.165) is 35.8 Å². The topological polar surface area (TPSA) is 33.3 Å². The van der Waals surface area contributed by atoms with E-state index in [4.69, 9.17) is 28.6 Å². The first kappa shape index (κ1) is 14.2. The lowest BCUT2D eigenvalue weighted by molar-refractivity contribution is 0.196. The fourth-order valence-electron chi connectivity index (χ4n) is 1.35. The van der Waals surface area contributed by atoms with Gasteiger partial charge in [0.25, 0.3) is 0 Å². The maximum absolute atomic E-state index is 5.88. The number of rotatable bonds is 5. The lowest BCUT2D eigenvalue weighted by Gasteiger charge is -2.12. The minimum atomic E-state index is 0.617. The molecule has 0 radical (unpaired) electrons. The van der Waals surface area contributed by atoms with Crippen LogP contribution in [0.3, 0.4) is 0 Å². The minimum absolute atomic E-state index is 0.617. The molecule has 2 N–H and O–H groups in total. The monoisotopic (exact) mass is 272 g/mol. The number of ether oxygens (including phenoxy) is 1. The van der Waals surface area contributed by atoms with Gasteiger partial charge < -0.3 is 15.4 Å². The van der Waals surface area contributed by atoms with Crippen molar-refractivity contribution in [3.63, 3.8) is 0 Å². The Labute approximate surface area is 112 Å². The molecular weight excluding hydrogens is 256 g/mol. The van der Waals surface area contributed by atoms with E-state index in [-0.39, 0.29) is 0 Å². The Hall–Kier alpha value is -0.840. The van der Waals surface area contributed by atoms with E-state index in [2.05, 4.69) is 10.6 Å². The highest BCUT2D eigenvalue weighted by molar-refractivity contribution is 7.80. The fraction of sp³-hybridized carbons (Fsp3) is 0.417. The lowest BCUT2D eigenvalue weighted by atomic mass is 10.2. The molecule has 0 aliphatic heterocycles. The number of methoxy groups -OCH3 is 1. The number of thiocarbonyl (C=S) groups is 1. The summed E-state index contributed by atoms with van der Waals surface area (Å²) >= 11 is 11.1. The molecule has 1 aromatic rings. The van der Waals surface area contributed by atoms with Crippen molar-refractivity contribution in [3.05, 3.63) is 28.8 Å². The average molecular weight is 273 g/mol. The average Bonchev–Trinajstić information content (AvgIpc) is 2.28. The molecule has 0 saturated carbocycles. The van der Waals surface area contributed by atoms with Crippen LogP contribution < -0.4 is 10.6 Å². The molecule has 1 rings (SSSR count). The second-order valence-corrected chi connectivity index (χ2v) is 4.53. The summed E-state index contributed by atoms with van der Waals surface area (Å²) in [6, 6.07) is 5.66. The van der Waals surface area contributed by atoms with Crippen molar-refractivity contribution in [1.82, 2.24) is 5.32 Å². The van der Waals surface area contributed by atoms with Crippen LogP contribution in [0, 0.1) is 6.92 Å². The summed E-state index contributed by atoms with van der Waals surface area (Å²) in [7, 11) is 1.69. The Morgan fingerprint density at radius 2 is 2.24 bits per heavy atom. The van der Waals surface area contributed by atoms with E-state index < -0.39 is 0 Å². The number of hydrogen-bond donors (Lipinski definition) is 2. The summed E-state index contributed by atoms with van der Waals surface area (Å²) in [5, 5.41) is 7.60. The summed E-state index contributed by atoms with van der Waals surface area (Å²) in [6.45, 7) is 3.52. The van der Waals surface area contributed by atoms with Gasteiger partial charge in [-0.1, -0.05) is 11.6 Å². The zero-order valence-corrected chi connectivity index (χ0v) is 11.6. The molecule has 0 amide bonds. The predicted octanol–water partition coefficient (Wildman–Crippen LogP) is 2.97. The van der Waals surface area contributed by atoms with Crippen molar-refractivity contribution in [1.29, 1.82) is 0 Å². The quantitative estimate of drug-likeness (QED) is 0.638. The molecule has 0 fully saturated rings. The minimum Gasteiger partial charge on any atom is -0.385 e. The van der Waals surface area contributed by atoms with Gasteiger partial charge >= 0.3 is 0 Å². The van der Waals surface area contributed by atoms with Gasteiger partial charge in [-0.05, 0) is 49.3 Å². The van der Waals surface area contributed by atoms with Crippen LogP contribution in [-0.2, 0) is 4.74 Å². The van der Waals surface area contributed by atoms with Crippen LogP contribution in [0.25, 0.3) is 0 Å². The van der Waals surface area contributed by atoms with Crippen LogP contribution in [0.15, 0.2) is 18.2 Å².